The van der Waals surface area contributed by atoms with E-state index in [1.807, 2.05) is 91.8 Å². The van der Waals surface area contributed by atoms with Crippen LogP contribution in [-0.2, 0) is 12.8 Å². The second-order valence-corrected chi connectivity index (χ2v) is 15.5. The summed E-state index contributed by atoms with van der Waals surface area (Å²) in [7, 11) is 0. The lowest BCUT2D eigenvalue weighted by atomic mass is 9.83. The van der Waals surface area contributed by atoms with E-state index in [4.69, 9.17) is 18.8 Å². The van der Waals surface area contributed by atoms with Gasteiger partial charge in [0.1, 0.15) is 23.0 Å². The molecule has 2 aromatic heterocycles. The fraction of sp³-hybridized carbons (Fsp3) is 0.348. The highest BCUT2D eigenvalue weighted by Gasteiger charge is 2.29. The number of aromatic hydroxyl groups is 6. The van der Waals surface area contributed by atoms with Gasteiger partial charge >= 0.3 is 0 Å². The van der Waals surface area contributed by atoms with Gasteiger partial charge in [-0.3, -0.25) is 9.98 Å². The average molecular weight is 761 g/mol. The van der Waals surface area contributed by atoms with Crippen molar-refractivity contribution in [3.63, 3.8) is 0 Å². The quantitative estimate of drug-likeness (QED) is 0.0498. The predicted molar refractivity (Wildman–Crippen MR) is 223 cm³/mol. The van der Waals surface area contributed by atoms with E-state index in [1.54, 1.807) is 12.5 Å². The lowest BCUT2D eigenvalue weighted by molar-refractivity contribution is 0.398. The highest BCUT2D eigenvalue weighted by Crippen LogP contribution is 2.54. The van der Waals surface area contributed by atoms with Gasteiger partial charge in [0.2, 0.25) is 0 Å². The van der Waals surface area contributed by atoms with E-state index in [0.29, 0.717) is 69.8 Å². The van der Waals surface area contributed by atoms with Crippen molar-refractivity contribution in [2.45, 2.75) is 105 Å². The maximum atomic E-state index is 12.4. The highest BCUT2D eigenvalue weighted by molar-refractivity contribution is 6.15. The van der Waals surface area contributed by atoms with Crippen molar-refractivity contribution >= 4 is 34.0 Å². The van der Waals surface area contributed by atoms with Crippen LogP contribution in [0.5, 0.6) is 34.5 Å². The zero-order valence-electron chi connectivity index (χ0n) is 33.3. The van der Waals surface area contributed by atoms with Crippen LogP contribution in [0.25, 0.3) is 32.7 Å². The molecule has 6 rings (SSSR count). The molecule has 6 aromatic rings. The Balaban J connectivity index is 1.57. The molecule has 0 fully saturated rings. The van der Waals surface area contributed by atoms with Crippen LogP contribution in [0.3, 0.4) is 0 Å². The lowest BCUT2D eigenvalue weighted by Crippen LogP contribution is -2.04. The molecule has 0 saturated heterocycles. The molecule has 0 saturated carbocycles. The standard InChI is InChI=1S/C46H52N2O8/c1-23(2)35-31-19-25(5)37(43(51)39(31)33(41(49)45(35)53)21-47-27(7)13-15-29-11-9-17-55-29)38-26(6)20-32-36(24(3)4)46(54)42(50)34(40(32)44(38)52)22-48-28(8)14-16-30-12-10-18-56-30/h9-12,17-24,27-28,49-54H,13-16H2,1-8H3/t27-,28+. The summed E-state index contributed by atoms with van der Waals surface area (Å²) in [5, 5.41) is 72.1. The summed E-state index contributed by atoms with van der Waals surface area (Å²) in [6, 6.07) is 10.8. The van der Waals surface area contributed by atoms with Gasteiger partial charge in [-0.15, -0.1) is 0 Å². The minimum absolute atomic E-state index is 0.143. The number of furan rings is 2. The molecule has 2 atom stereocenters. The zero-order chi connectivity index (χ0) is 40.6. The van der Waals surface area contributed by atoms with E-state index < -0.39 is 11.5 Å². The first-order valence-electron chi connectivity index (χ1n) is 19.2. The molecular formula is C46H52N2O8. The molecule has 0 aliphatic heterocycles. The summed E-state index contributed by atoms with van der Waals surface area (Å²) in [4.78, 5) is 9.42. The molecule has 0 unspecified atom stereocenters. The Labute approximate surface area is 327 Å². The Morgan fingerprint density at radius 1 is 0.554 bits per heavy atom. The second-order valence-electron chi connectivity index (χ2n) is 15.5. The van der Waals surface area contributed by atoms with Crippen LogP contribution in [-0.4, -0.2) is 55.2 Å². The Bertz CT molecular complexity index is 2270. The molecule has 0 aliphatic rings. The highest BCUT2D eigenvalue weighted by atomic mass is 16.3. The number of aliphatic imine (C=N–C) groups is 2. The van der Waals surface area contributed by atoms with Crippen molar-refractivity contribution in [2.75, 3.05) is 0 Å². The third kappa shape index (κ3) is 7.40. The van der Waals surface area contributed by atoms with Crippen molar-refractivity contribution in [1.82, 2.24) is 0 Å². The fourth-order valence-electron chi connectivity index (χ4n) is 7.79. The number of hydrogen-bond acceptors (Lipinski definition) is 10. The molecule has 0 bridgehead atoms. The molecule has 56 heavy (non-hydrogen) atoms. The van der Waals surface area contributed by atoms with Gasteiger partial charge in [0.05, 0.1) is 12.5 Å². The van der Waals surface area contributed by atoms with Crippen molar-refractivity contribution in [2.24, 2.45) is 9.98 Å². The molecule has 0 aliphatic carbocycles. The number of phenolic OH excluding ortho intramolecular Hbond substituents is 6. The Morgan fingerprint density at radius 2 is 0.929 bits per heavy atom. The molecule has 0 amide bonds. The van der Waals surface area contributed by atoms with Crippen LogP contribution in [0.4, 0.5) is 0 Å². The van der Waals surface area contributed by atoms with Gasteiger partial charge in [-0.25, -0.2) is 0 Å². The number of fused-ring (bicyclic) bond motifs is 2. The van der Waals surface area contributed by atoms with E-state index in [-0.39, 0.29) is 68.8 Å². The van der Waals surface area contributed by atoms with Crippen LogP contribution in [0.1, 0.15) is 111 Å². The zero-order valence-corrected chi connectivity index (χ0v) is 33.3. The van der Waals surface area contributed by atoms with Gasteiger partial charge in [-0.1, -0.05) is 39.8 Å². The lowest BCUT2D eigenvalue weighted by Gasteiger charge is -2.23. The Hall–Kier alpha value is -5.90. The normalized spacial score (nSPS) is 13.4. The van der Waals surface area contributed by atoms with E-state index in [2.05, 4.69) is 0 Å². The molecule has 0 spiro atoms. The number of aryl methyl sites for hydroxylation is 4. The van der Waals surface area contributed by atoms with Crippen LogP contribution in [0.2, 0.25) is 0 Å². The number of benzene rings is 4. The van der Waals surface area contributed by atoms with E-state index >= 15 is 0 Å². The second kappa shape index (κ2) is 16.1. The molecular weight excluding hydrogens is 709 g/mol. The van der Waals surface area contributed by atoms with Gasteiger partial charge in [-0.2, -0.15) is 0 Å². The van der Waals surface area contributed by atoms with Crippen LogP contribution in [0.15, 0.2) is 67.7 Å². The Kier molecular flexibility index (Phi) is 11.4. The largest absolute Gasteiger partial charge is 0.507 e. The third-order valence-corrected chi connectivity index (χ3v) is 10.7. The van der Waals surface area contributed by atoms with Crippen molar-refractivity contribution < 1.29 is 39.5 Å². The molecule has 10 heteroatoms. The average Bonchev–Trinajstić information content (AvgIpc) is 3.87. The number of phenols is 6. The smallest absolute Gasteiger partial charge is 0.167 e. The summed E-state index contributed by atoms with van der Waals surface area (Å²) < 4.78 is 10.9. The molecule has 6 N–H and O–H groups in total. The molecule has 0 radical (unpaired) electrons. The van der Waals surface area contributed by atoms with Crippen molar-refractivity contribution in [3.05, 3.63) is 93.8 Å². The van der Waals surface area contributed by atoms with Gasteiger partial charge in [0.15, 0.2) is 23.0 Å². The fourth-order valence-corrected chi connectivity index (χ4v) is 7.79. The molecule has 2 heterocycles. The minimum Gasteiger partial charge on any atom is -0.507 e. The molecule has 10 nitrogen and oxygen atoms in total. The topological polar surface area (TPSA) is 172 Å². The SMILES string of the molecule is Cc1cc2c(C(C)C)c(O)c(O)c(C=N[C@H](C)CCc3ccco3)c2c(O)c1-c1c(C)cc2c(C(C)C)c(O)c(O)c(C=N[C@@H](C)CCc3ccco3)c2c1O. The summed E-state index contributed by atoms with van der Waals surface area (Å²) in [6.07, 6.45) is 8.86. The maximum Gasteiger partial charge on any atom is 0.167 e. The summed E-state index contributed by atoms with van der Waals surface area (Å²) in [5.74, 6) is -0.599. The predicted octanol–water partition coefficient (Wildman–Crippen LogP) is 10.8. The first-order valence-corrected chi connectivity index (χ1v) is 19.2. The molecule has 294 valence electrons. The van der Waals surface area contributed by atoms with Gasteiger partial charge in [-0.05, 0) is 98.5 Å². The maximum absolute atomic E-state index is 12.4. The third-order valence-electron chi connectivity index (χ3n) is 10.7. The monoisotopic (exact) mass is 760 g/mol. The summed E-state index contributed by atoms with van der Waals surface area (Å²) in [6.45, 7) is 15.1. The van der Waals surface area contributed by atoms with Crippen LogP contribution in [0, 0.1) is 13.8 Å². The van der Waals surface area contributed by atoms with Gasteiger partial charge < -0.3 is 39.5 Å². The first kappa shape index (κ1) is 39.8. The number of nitrogens with zero attached hydrogens (tertiary/aromatic N) is 2. The van der Waals surface area contributed by atoms with Crippen molar-refractivity contribution in [1.29, 1.82) is 0 Å². The molecule has 4 aromatic carbocycles. The summed E-state index contributed by atoms with van der Waals surface area (Å²) in [5.41, 5.74) is 3.03. The van der Waals surface area contributed by atoms with E-state index in [0.717, 1.165) is 11.5 Å². The van der Waals surface area contributed by atoms with Gasteiger partial charge in [0.25, 0.3) is 0 Å². The van der Waals surface area contributed by atoms with Crippen LogP contribution >= 0.6 is 0 Å². The van der Waals surface area contributed by atoms with E-state index in [9.17, 15) is 30.6 Å². The van der Waals surface area contributed by atoms with Gasteiger partial charge in [0, 0.05) is 81.5 Å². The minimum atomic E-state index is -0.408. The number of hydrogen-bond donors (Lipinski definition) is 6. The Morgan fingerprint density at radius 3 is 1.25 bits per heavy atom. The van der Waals surface area contributed by atoms with E-state index in [1.165, 1.54) is 12.4 Å². The summed E-state index contributed by atoms with van der Waals surface area (Å²) >= 11 is 0. The number of rotatable bonds is 13. The van der Waals surface area contributed by atoms with Crippen molar-refractivity contribution in [3.8, 4) is 45.6 Å². The first-order chi connectivity index (χ1) is 26.6. The van der Waals surface area contributed by atoms with Crippen LogP contribution < -0.4 is 0 Å².